The van der Waals surface area contributed by atoms with Crippen molar-refractivity contribution in [3.63, 3.8) is 0 Å². The zero-order chi connectivity index (χ0) is 25.3. The van der Waals surface area contributed by atoms with Gasteiger partial charge in [-0.1, -0.05) is 24.3 Å². The number of nitrogens with one attached hydrogen (secondary N) is 3. The van der Waals surface area contributed by atoms with Crippen LogP contribution in [0.25, 0.3) is 6.08 Å². The summed E-state index contributed by atoms with van der Waals surface area (Å²) in [6.45, 7) is 1.81. The highest BCUT2D eigenvalue weighted by Crippen LogP contribution is 2.27. The first-order valence-corrected chi connectivity index (χ1v) is 13.6. The van der Waals surface area contributed by atoms with Gasteiger partial charge in [0.05, 0.1) is 5.25 Å². The van der Waals surface area contributed by atoms with Gasteiger partial charge in [-0.3, -0.25) is 14.4 Å². The van der Waals surface area contributed by atoms with E-state index in [9.17, 15) is 14.4 Å². The lowest BCUT2D eigenvalue weighted by atomic mass is 10.2. The molecule has 2 aromatic heterocycles. The van der Waals surface area contributed by atoms with E-state index >= 15 is 0 Å². The Bertz CT molecular complexity index is 1350. The van der Waals surface area contributed by atoms with Gasteiger partial charge in [0.2, 0.25) is 5.91 Å². The Balaban J connectivity index is 1.45. The summed E-state index contributed by atoms with van der Waals surface area (Å²) in [5.41, 5.74) is 1.92. The Morgan fingerprint density at radius 2 is 1.83 bits per heavy atom. The molecule has 0 fully saturated rings. The van der Waals surface area contributed by atoms with Crippen LogP contribution in [0.2, 0.25) is 0 Å². The molecule has 0 spiro atoms. The van der Waals surface area contributed by atoms with Crippen LogP contribution >= 0.6 is 34.4 Å². The minimum absolute atomic E-state index is 0.122. The van der Waals surface area contributed by atoms with Crippen molar-refractivity contribution in [3.05, 3.63) is 99.8 Å². The van der Waals surface area contributed by atoms with Gasteiger partial charge in [0.15, 0.2) is 5.13 Å². The number of carbonyl (C=O) groups excluding carboxylic acids is 3. The summed E-state index contributed by atoms with van der Waals surface area (Å²) in [6.07, 6.45) is 3.27. The minimum atomic E-state index is -0.456. The molecule has 182 valence electrons. The smallest absolute Gasteiger partial charge is 0.272 e. The van der Waals surface area contributed by atoms with E-state index in [1.807, 2.05) is 29.0 Å². The number of amides is 3. The van der Waals surface area contributed by atoms with Crippen LogP contribution in [-0.4, -0.2) is 28.0 Å². The van der Waals surface area contributed by atoms with Crippen molar-refractivity contribution in [3.8, 4) is 0 Å². The van der Waals surface area contributed by atoms with Gasteiger partial charge in [0.25, 0.3) is 11.8 Å². The average Bonchev–Trinajstić information content (AvgIpc) is 3.59. The zero-order valence-electron chi connectivity index (χ0n) is 19.1. The van der Waals surface area contributed by atoms with Crippen molar-refractivity contribution in [2.24, 2.45) is 0 Å². The first-order chi connectivity index (χ1) is 17.5. The summed E-state index contributed by atoms with van der Waals surface area (Å²) in [5, 5.41) is 14.1. The van der Waals surface area contributed by atoms with Crippen LogP contribution < -0.4 is 16.0 Å². The average molecular weight is 535 g/mol. The standard InChI is InChI=1S/C26H22N4O3S3/c1-17(23(31)30-26-27-11-13-35-26)36-21-9-5-8-20(15-21)28-25(33)22(14-18-10-12-34-16-18)29-24(32)19-6-3-2-4-7-19/h2-17H,1H3,(H,28,33)(H,29,32)(H,27,30,31)/b22-14-. The van der Waals surface area contributed by atoms with Gasteiger partial charge in [-0.05, 0) is 65.7 Å². The van der Waals surface area contributed by atoms with Crippen LogP contribution in [0, 0.1) is 0 Å². The Morgan fingerprint density at radius 3 is 2.56 bits per heavy atom. The topological polar surface area (TPSA) is 100 Å². The molecular weight excluding hydrogens is 513 g/mol. The number of rotatable bonds is 9. The number of anilines is 2. The van der Waals surface area contributed by atoms with Gasteiger partial charge in [0.1, 0.15) is 5.70 Å². The van der Waals surface area contributed by atoms with E-state index in [4.69, 9.17) is 0 Å². The molecule has 0 saturated carbocycles. The molecule has 4 rings (SSSR count). The van der Waals surface area contributed by atoms with Crippen molar-refractivity contribution in [2.45, 2.75) is 17.1 Å². The molecule has 1 atom stereocenters. The summed E-state index contributed by atoms with van der Waals surface area (Å²) < 4.78 is 0. The summed E-state index contributed by atoms with van der Waals surface area (Å²) in [4.78, 5) is 43.2. The summed E-state index contributed by atoms with van der Waals surface area (Å²) in [7, 11) is 0. The molecule has 0 aliphatic heterocycles. The molecule has 0 aliphatic rings. The van der Waals surface area contributed by atoms with Gasteiger partial charge in [0, 0.05) is 27.7 Å². The van der Waals surface area contributed by atoms with Crippen LogP contribution in [0.4, 0.5) is 10.8 Å². The second-order valence-electron chi connectivity index (χ2n) is 7.50. The minimum Gasteiger partial charge on any atom is -0.321 e. The van der Waals surface area contributed by atoms with E-state index in [1.165, 1.54) is 34.4 Å². The van der Waals surface area contributed by atoms with E-state index in [0.717, 1.165) is 10.5 Å². The zero-order valence-corrected chi connectivity index (χ0v) is 21.6. The fourth-order valence-electron chi connectivity index (χ4n) is 3.06. The Morgan fingerprint density at radius 1 is 1.00 bits per heavy atom. The number of carbonyl (C=O) groups is 3. The predicted octanol–water partition coefficient (Wildman–Crippen LogP) is 5.73. The number of thiophene rings is 1. The van der Waals surface area contributed by atoms with Gasteiger partial charge < -0.3 is 16.0 Å². The first kappa shape index (κ1) is 25.4. The van der Waals surface area contributed by atoms with Crippen LogP contribution in [0.3, 0.4) is 0 Å². The third-order valence-corrected chi connectivity index (χ3v) is 7.30. The maximum atomic E-state index is 13.2. The molecule has 2 aromatic carbocycles. The third kappa shape index (κ3) is 7.14. The number of thioether (sulfide) groups is 1. The third-order valence-electron chi connectivity index (χ3n) is 4.82. The normalized spacial score (nSPS) is 12.0. The number of aromatic nitrogens is 1. The van der Waals surface area contributed by atoms with Crippen molar-refractivity contribution in [1.29, 1.82) is 0 Å². The Hall–Kier alpha value is -3.73. The highest BCUT2D eigenvalue weighted by atomic mass is 32.2. The molecule has 4 aromatic rings. The van der Waals surface area contributed by atoms with Crippen molar-refractivity contribution in [2.75, 3.05) is 10.6 Å². The predicted molar refractivity (Wildman–Crippen MR) is 147 cm³/mol. The Labute approximate surface area is 220 Å². The monoisotopic (exact) mass is 534 g/mol. The van der Waals surface area contributed by atoms with E-state index in [2.05, 4.69) is 20.9 Å². The molecule has 0 bridgehead atoms. The molecular formula is C26H22N4O3S3. The molecule has 1 unspecified atom stereocenters. The molecule has 7 nitrogen and oxygen atoms in total. The van der Waals surface area contributed by atoms with Crippen molar-refractivity contribution < 1.29 is 14.4 Å². The summed E-state index contributed by atoms with van der Waals surface area (Å²) >= 11 is 4.22. The fraction of sp³-hybridized carbons (Fsp3) is 0.0769. The van der Waals surface area contributed by atoms with E-state index in [-0.39, 0.29) is 22.8 Å². The molecule has 3 N–H and O–H groups in total. The second kappa shape index (κ2) is 12.3. The van der Waals surface area contributed by atoms with Crippen molar-refractivity contribution >= 4 is 69.1 Å². The van der Waals surface area contributed by atoms with Gasteiger partial charge in [-0.15, -0.1) is 23.1 Å². The summed E-state index contributed by atoms with van der Waals surface area (Å²) in [5.74, 6) is -0.993. The molecule has 3 amide bonds. The molecule has 10 heteroatoms. The molecule has 0 radical (unpaired) electrons. The Kier molecular flexibility index (Phi) is 8.66. The molecule has 0 saturated heterocycles. The number of hydrogen-bond donors (Lipinski definition) is 3. The van der Waals surface area contributed by atoms with Crippen molar-refractivity contribution in [1.82, 2.24) is 10.3 Å². The van der Waals surface area contributed by atoms with Crippen LogP contribution in [0.15, 0.2) is 93.6 Å². The largest absolute Gasteiger partial charge is 0.321 e. The molecule has 36 heavy (non-hydrogen) atoms. The van der Waals surface area contributed by atoms with Crippen LogP contribution in [0.1, 0.15) is 22.8 Å². The lowest BCUT2D eigenvalue weighted by Gasteiger charge is -2.13. The first-order valence-electron chi connectivity index (χ1n) is 10.9. The maximum absolute atomic E-state index is 13.2. The van der Waals surface area contributed by atoms with Gasteiger partial charge in [-0.2, -0.15) is 11.3 Å². The van der Waals surface area contributed by atoms with E-state index in [1.54, 1.807) is 67.0 Å². The number of thiazole rings is 1. The maximum Gasteiger partial charge on any atom is 0.272 e. The molecule has 0 aliphatic carbocycles. The SMILES string of the molecule is CC(Sc1cccc(NC(=O)/C(=C/c2ccsc2)NC(=O)c2ccccc2)c1)C(=O)Nc1nccs1. The van der Waals surface area contributed by atoms with Gasteiger partial charge in [-0.25, -0.2) is 4.98 Å². The highest BCUT2D eigenvalue weighted by molar-refractivity contribution is 8.00. The van der Waals surface area contributed by atoms with Crippen LogP contribution in [0.5, 0.6) is 0 Å². The van der Waals surface area contributed by atoms with Gasteiger partial charge >= 0.3 is 0 Å². The second-order valence-corrected chi connectivity index (χ2v) is 10.6. The van der Waals surface area contributed by atoms with Crippen LogP contribution in [-0.2, 0) is 9.59 Å². The van der Waals surface area contributed by atoms with E-state index in [0.29, 0.717) is 16.4 Å². The number of benzene rings is 2. The van der Waals surface area contributed by atoms with E-state index < -0.39 is 5.91 Å². The fourth-order valence-corrected chi connectivity index (χ4v) is 5.14. The quantitative estimate of drug-likeness (QED) is 0.188. The molecule has 2 heterocycles. The number of nitrogens with zero attached hydrogens (tertiary/aromatic N) is 1. The lowest BCUT2D eigenvalue weighted by Crippen LogP contribution is -2.30. The number of hydrogen-bond acceptors (Lipinski definition) is 7. The summed E-state index contributed by atoms with van der Waals surface area (Å²) in [6, 6.07) is 17.8. The highest BCUT2D eigenvalue weighted by Gasteiger charge is 2.18. The lowest BCUT2D eigenvalue weighted by molar-refractivity contribution is -0.115.